The number of pyridine rings is 1. The summed E-state index contributed by atoms with van der Waals surface area (Å²) in [5.74, 6) is -0.614. The Kier molecular flexibility index (Phi) is 5.91. The minimum absolute atomic E-state index is 0.0539. The van der Waals surface area contributed by atoms with Crippen molar-refractivity contribution in [2.45, 2.75) is 23.9 Å². The van der Waals surface area contributed by atoms with Crippen LogP contribution in [0.2, 0.25) is 0 Å². The van der Waals surface area contributed by atoms with E-state index in [0.717, 1.165) is 33.4 Å². The number of piperidine rings is 1. The second-order valence-electron chi connectivity index (χ2n) is 7.60. The number of sulfonamides is 1. The molecule has 2 aromatic carbocycles. The van der Waals surface area contributed by atoms with Crippen LogP contribution in [-0.4, -0.2) is 36.7 Å². The van der Waals surface area contributed by atoms with Gasteiger partial charge < -0.3 is 5.32 Å². The molecule has 0 radical (unpaired) electrons. The lowest BCUT2D eigenvalue weighted by atomic mass is 9.97. The van der Waals surface area contributed by atoms with Gasteiger partial charge in [0, 0.05) is 36.3 Å². The van der Waals surface area contributed by atoms with Crippen LogP contribution in [0.1, 0.15) is 18.4 Å². The molecule has 0 saturated carbocycles. The predicted molar refractivity (Wildman–Crippen MR) is 113 cm³/mol. The van der Waals surface area contributed by atoms with Crippen molar-refractivity contribution in [1.29, 1.82) is 0 Å². The highest BCUT2D eigenvalue weighted by molar-refractivity contribution is 7.89. The first-order chi connectivity index (χ1) is 15.1. The number of nitrogens with one attached hydrogen (secondary N) is 1. The first-order valence-electron chi connectivity index (χ1n) is 9.98. The maximum Gasteiger partial charge on any atom is 0.416 e. The van der Waals surface area contributed by atoms with Crippen LogP contribution in [0.5, 0.6) is 0 Å². The van der Waals surface area contributed by atoms with Crippen molar-refractivity contribution in [3.05, 3.63) is 66.4 Å². The molecular weight excluding hydrogens is 443 g/mol. The summed E-state index contributed by atoms with van der Waals surface area (Å²) in [7, 11) is -4.08. The Morgan fingerprint density at radius 3 is 2.50 bits per heavy atom. The van der Waals surface area contributed by atoms with E-state index < -0.39 is 32.6 Å². The van der Waals surface area contributed by atoms with Crippen molar-refractivity contribution >= 4 is 32.5 Å². The molecule has 1 amide bonds. The van der Waals surface area contributed by atoms with E-state index in [4.69, 9.17) is 0 Å². The summed E-state index contributed by atoms with van der Waals surface area (Å²) < 4.78 is 65.6. The quantitative estimate of drug-likeness (QED) is 0.626. The van der Waals surface area contributed by atoms with Gasteiger partial charge in [0.2, 0.25) is 15.9 Å². The molecule has 1 fully saturated rings. The van der Waals surface area contributed by atoms with Crippen molar-refractivity contribution in [2.24, 2.45) is 5.92 Å². The highest BCUT2D eigenvalue weighted by Crippen LogP contribution is 2.32. The smallest absolute Gasteiger partial charge is 0.326 e. The van der Waals surface area contributed by atoms with Crippen molar-refractivity contribution in [1.82, 2.24) is 9.29 Å². The molecule has 4 rings (SSSR count). The fourth-order valence-corrected chi connectivity index (χ4v) is 5.25. The van der Waals surface area contributed by atoms with Gasteiger partial charge in [-0.15, -0.1) is 0 Å². The van der Waals surface area contributed by atoms with E-state index in [9.17, 15) is 26.4 Å². The molecule has 32 heavy (non-hydrogen) atoms. The first-order valence-corrected chi connectivity index (χ1v) is 11.4. The van der Waals surface area contributed by atoms with Gasteiger partial charge in [0.05, 0.1) is 16.0 Å². The third-order valence-corrected chi connectivity index (χ3v) is 7.39. The van der Waals surface area contributed by atoms with Gasteiger partial charge >= 0.3 is 6.18 Å². The third-order valence-electron chi connectivity index (χ3n) is 5.49. The number of rotatable bonds is 4. The summed E-state index contributed by atoms with van der Waals surface area (Å²) in [6.45, 7) is 0.108. The minimum Gasteiger partial charge on any atom is -0.326 e. The molecule has 0 aliphatic carbocycles. The normalized spacial score (nSPS) is 16.2. The Morgan fingerprint density at radius 2 is 1.78 bits per heavy atom. The monoisotopic (exact) mass is 463 g/mol. The van der Waals surface area contributed by atoms with Crippen LogP contribution in [-0.2, 0) is 21.0 Å². The van der Waals surface area contributed by atoms with Crippen LogP contribution < -0.4 is 5.32 Å². The fraction of sp³-hybridized carbons (Fsp3) is 0.273. The van der Waals surface area contributed by atoms with E-state index in [-0.39, 0.29) is 31.8 Å². The molecule has 168 valence electrons. The Labute approximate surface area is 183 Å². The number of benzene rings is 2. The van der Waals surface area contributed by atoms with E-state index in [1.165, 1.54) is 0 Å². The average molecular weight is 463 g/mol. The van der Waals surface area contributed by atoms with Crippen LogP contribution in [0.25, 0.3) is 10.9 Å². The molecule has 1 N–H and O–H groups in total. The Morgan fingerprint density at radius 1 is 1.03 bits per heavy atom. The van der Waals surface area contributed by atoms with E-state index in [0.29, 0.717) is 11.8 Å². The standard InChI is InChI=1S/C22H20F3N3O3S/c23-22(24,25)17-4-1-5-19(14-17)32(30,31)28-11-8-15(9-12-28)21(29)27-18-6-7-20-16(13-18)3-2-10-26-20/h1-7,10,13-15H,8-9,11-12H2,(H,27,29). The van der Waals surface area contributed by atoms with Crippen molar-refractivity contribution in [3.8, 4) is 0 Å². The lowest BCUT2D eigenvalue weighted by Crippen LogP contribution is -2.41. The molecule has 0 spiro atoms. The number of carbonyl (C=O) groups excluding carboxylic acids is 1. The van der Waals surface area contributed by atoms with Gasteiger partial charge in [-0.25, -0.2) is 8.42 Å². The SMILES string of the molecule is O=C(Nc1ccc2ncccc2c1)C1CCN(S(=O)(=O)c2cccc(C(F)(F)F)c2)CC1. The van der Waals surface area contributed by atoms with Gasteiger partial charge in [-0.2, -0.15) is 17.5 Å². The van der Waals surface area contributed by atoms with E-state index in [1.54, 1.807) is 24.4 Å². The lowest BCUT2D eigenvalue weighted by molar-refractivity contribution is -0.137. The third kappa shape index (κ3) is 4.61. The average Bonchev–Trinajstić information content (AvgIpc) is 2.78. The number of anilines is 1. The number of carbonyl (C=O) groups is 1. The molecule has 1 aromatic heterocycles. The molecule has 10 heteroatoms. The molecule has 1 aliphatic rings. The second-order valence-corrected chi connectivity index (χ2v) is 9.54. The second kappa shape index (κ2) is 8.51. The summed E-state index contributed by atoms with van der Waals surface area (Å²) in [6, 6.07) is 12.8. The number of aromatic nitrogens is 1. The molecule has 0 bridgehead atoms. The van der Waals surface area contributed by atoms with Crippen LogP contribution >= 0.6 is 0 Å². The van der Waals surface area contributed by atoms with E-state index in [1.807, 2.05) is 12.1 Å². The molecule has 0 atom stereocenters. The number of halogens is 3. The van der Waals surface area contributed by atoms with Crippen molar-refractivity contribution in [2.75, 3.05) is 18.4 Å². The zero-order valence-corrected chi connectivity index (χ0v) is 17.7. The lowest BCUT2D eigenvalue weighted by Gasteiger charge is -2.30. The topological polar surface area (TPSA) is 79.4 Å². The zero-order valence-electron chi connectivity index (χ0n) is 16.8. The number of alkyl halides is 3. The molecule has 1 aliphatic heterocycles. The van der Waals surface area contributed by atoms with Crippen molar-refractivity contribution in [3.63, 3.8) is 0 Å². The maximum absolute atomic E-state index is 12.9. The Bertz CT molecular complexity index is 1250. The first kappa shape index (κ1) is 22.2. The summed E-state index contributed by atoms with van der Waals surface area (Å²) in [4.78, 5) is 16.5. The Balaban J connectivity index is 1.41. The molecule has 2 heterocycles. The van der Waals surface area contributed by atoms with Gasteiger partial charge in [0.25, 0.3) is 0 Å². The number of nitrogens with zero attached hydrogens (tertiary/aromatic N) is 2. The number of hydrogen-bond acceptors (Lipinski definition) is 4. The fourth-order valence-electron chi connectivity index (χ4n) is 3.74. The summed E-state index contributed by atoms with van der Waals surface area (Å²) in [5.41, 5.74) is 0.409. The number of amides is 1. The van der Waals surface area contributed by atoms with Crippen molar-refractivity contribution < 1.29 is 26.4 Å². The molecule has 0 unspecified atom stereocenters. The highest BCUT2D eigenvalue weighted by Gasteiger charge is 2.35. The molecular formula is C22H20F3N3O3S. The van der Waals surface area contributed by atoms with Gasteiger partial charge in [-0.1, -0.05) is 12.1 Å². The molecule has 3 aromatic rings. The van der Waals surface area contributed by atoms with E-state index >= 15 is 0 Å². The maximum atomic E-state index is 12.9. The van der Waals surface area contributed by atoms with E-state index in [2.05, 4.69) is 10.3 Å². The molecule has 1 saturated heterocycles. The zero-order chi connectivity index (χ0) is 22.9. The van der Waals surface area contributed by atoms with Gasteiger partial charge in [0.15, 0.2) is 0 Å². The van der Waals surface area contributed by atoms with Crippen LogP contribution in [0.4, 0.5) is 18.9 Å². The summed E-state index contributed by atoms with van der Waals surface area (Å²) in [6.07, 6.45) is -2.39. The van der Waals surface area contributed by atoms with Gasteiger partial charge in [-0.3, -0.25) is 9.78 Å². The summed E-state index contributed by atoms with van der Waals surface area (Å²) in [5, 5.41) is 3.74. The van der Waals surface area contributed by atoms with Gasteiger partial charge in [-0.05, 0) is 55.3 Å². The van der Waals surface area contributed by atoms with Crippen LogP contribution in [0.15, 0.2) is 65.7 Å². The molecule has 6 nitrogen and oxygen atoms in total. The van der Waals surface area contributed by atoms with Crippen LogP contribution in [0.3, 0.4) is 0 Å². The largest absolute Gasteiger partial charge is 0.416 e. The minimum atomic E-state index is -4.63. The number of hydrogen-bond donors (Lipinski definition) is 1. The van der Waals surface area contributed by atoms with Gasteiger partial charge in [0.1, 0.15) is 0 Å². The number of fused-ring (bicyclic) bond motifs is 1. The Hall–Kier alpha value is -2.98. The predicted octanol–water partition coefficient (Wildman–Crippen LogP) is 4.29. The summed E-state index contributed by atoms with van der Waals surface area (Å²) >= 11 is 0. The highest BCUT2D eigenvalue weighted by atomic mass is 32.2. The van der Waals surface area contributed by atoms with Crippen LogP contribution in [0, 0.1) is 5.92 Å².